The van der Waals surface area contributed by atoms with E-state index in [0.717, 1.165) is 30.5 Å². The standard InChI is InChI=1S/C34H38Cl2N2O6/c1-42-28-19-23(20-29(43-2)30(28)44-3)31(39)38-18-12-33(22-38,25-9-10-26(35)27(36)21-25)11-15-37-16-13-34(14-17-37,32(40)41)24-7-5-4-6-8-24/h4-10,19-21H,11-18,22H2,1-3H3,(H,40,41)/t33-/m1/s1. The van der Waals surface area contributed by atoms with Gasteiger partial charge in [-0.05, 0) is 80.7 Å². The number of aliphatic carboxylic acids is 1. The molecule has 2 fully saturated rings. The minimum Gasteiger partial charge on any atom is -0.493 e. The van der Waals surface area contributed by atoms with Gasteiger partial charge in [-0.25, -0.2) is 0 Å². The van der Waals surface area contributed by atoms with Crippen LogP contribution in [0.15, 0.2) is 60.7 Å². The molecule has 2 saturated heterocycles. The van der Waals surface area contributed by atoms with Gasteiger partial charge in [0.25, 0.3) is 5.91 Å². The van der Waals surface area contributed by atoms with E-state index in [1.54, 1.807) is 12.1 Å². The number of methoxy groups -OCH3 is 3. The lowest BCUT2D eigenvalue weighted by atomic mass is 9.72. The summed E-state index contributed by atoms with van der Waals surface area (Å²) in [5, 5.41) is 11.2. The van der Waals surface area contributed by atoms with E-state index in [1.165, 1.54) is 21.3 Å². The van der Waals surface area contributed by atoms with E-state index < -0.39 is 11.4 Å². The molecule has 0 unspecified atom stereocenters. The molecule has 3 aromatic rings. The van der Waals surface area contributed by atoms with Crippen molar-refractivity contribution in [2.24, 2.45) is 0 Å². The van der Waals surface area contributed by atoms with Crippen LogP contribution in [-0.2, 0) is 15.6 Å². The predicted octanol–water partition coefficient (Wildman–Crippen LogP) is 6.31. The molecule has 0 bridgehead atoms. The Bertz CT molecular complexity index is 1480. The molecule has 8 nitrogen and oxygen atoms in total. The molecular formula is C34H38Cl2N2O6. The lowest BCUT2D eigenvalue weighted by molar-refractivity contribution is -0.146. The Morgan fingerprint density at radius 1 is 0.818 bits per heavy atom. The molecule has 1 atom stereocenters. The Morgan fingerprint density at radius 3 is 2.05 bits per heavy atom. The van der Waals surface area contributed by atoms with Gasteiger partial charge in [0.2, 0.25) is 5.75 Å². The smallest absolute Gasteiger partial charge is 0.314 e. The van der Waals surface area contributed by atoms with Gasteiger partial charge in [0.15, 0.2) is 11.5 Å². The Hall–Kier alpha value is -3.46. The molecule has 234 valence electrons. The van der Waals surface area contributed by atoms with Crippen molar-refractivity contribution in [3.63, 3.8) is 0 Å². The molecular weight excluding hydrogens is 603 g/mol. The summed E-state index contributed by atoms with van der Waals surface area (Å²) in [4.78, 5) is 30.5. The number of halogens is 2. The van der Waals surface area contributed by atoms with E-state index in [2.05, 4.69) is 4.90 Å². The van der Waals surface area contributed by atoms with Gasteiger partial charge in [-0.1, -0.05) is 59.6 Å². The Morgan fingerprint density at radius 2 is 1.48 bits per heavy atom. The number of carbonyl (C=O) groups excluding carboxylic acids is 1. The van der Waals surface area contributed by atoms with E-state index in [4.69, 9.17) is 37.4 Å². The van der Waals surface area contributed by atoms with Crippen molar-refractivity contribution in [3.05, 3.63) is 87.4 Å². The van der Waals surface area contributed by atoms with Crippen LogP contribution in [0.4, 0.5) is 0 Å². The number of hydrogen-bond acceptors (Lipinski definition) is 6. The first-order valence-electron chi connectivity index (χ1n) is 14.7. The second kappa shape index (κ2) is 13.3. The second-order valence-corrected chi connectivity index (χ2v) is 12.5. The number of nitrogens with zero attached hydrogens (tertiary/aromatic N) is 2. The molecule has 2 aliphatic rings. The first-order chi connectivity index (χ1) is 21.2. The number of piperidine rings is 1. The van der Waals surface area contributed by atoms with Crippen LogP contribution in [-0.4, -0.2) is 80.8 Å². The van der Waals surface area contributed by atoms with Gasteiger partial charge in [-0.15, -0.1) is 0 Å². The number of hydrogen-bond donors (Lipinski definition) is 1. The molecule has 2 heterocycles. The van der Waals surface area contributed by atoms with Crippen LogP contribution in [0.3, 0.4) is 0 Å². The molecule has 0 spiro atoms. The number of amides is 1. The average Bonchev–Trinajstić information content (AvgIpc) is 3.50. The maximum Gasteiger partial charge on any atom is 0.314 e. The topological polar surface area (TPSA) is 88.5 Å². The lowest BCUT2D eigenvalue weighted by Crippen LogP contribution is -2.48. The molecule has 1 amide bonds. The van der Waals surface area contributed by atoms with Gasteiger partial charge in [0.1, 0.15) is 0 Å². The Balaban J connectivity index is 1.36. The van der Waals surface area contributed by atoms with Crippen molar-refractivity contribution in [1.82, 2.24) is 9.80 Å². The van der Waals surface area contributed by atoms with E-state index in [9.17, 15) is 14.7 Å². The number of carboxylic acids is 1. The zero-order valence-corrected chi connectivity index (χ0v) is 26.8. The van der Waals surface area contributed by atoms with Crippen molar-refractivity contribution in [1.29, 1.82) is 0 Å². The highest BCUT2D eigenvalue weighted by Gasteiger charge is 2.45. The molecule has 0 saturated carbocycles. The van der Waals surface area contributed by atoms with Crippen molar-refractivity contribution in [2.75, 3.05) is 54.1 Å². The highest BCUT2D eigenvalue weighted by Crippen LogP contribution is 2.43. The van der Waals surface area contributed by atoms with Crippen LogP contribution in [0, 0.1) is 0 Å². The highest BCUT2D eigenvalue weighted by molar-refractivity contribution is 6.42. The predicted molar refractivity (Wildman–Crippen MR) is 171 cm³/mol. The fraction of sp³-hybridized carbons (Fsp3) is 0.412. The first-order valence-corrected chi connectivity index (χ1v) is 15.5. The Kier molecular flexibility index (Phi) is 9.63. The average molecular weight is 642 g/mol. The molecule has 0 aliphatic carbocycles. The molecule has 1 N–H and O–H groups in total. The van der Waals surface area contributed by atoms with E-state index in [-0.39, 0.29) is 11.3 Å². The first kappa shape index (κ1) is 31.9. The van der Waals surface area contributed by atoms with Crippen molar-refractivity contribution in [3.8, 4) is 17.2 Å². The van der Waals surface area contributed by atoms with Crippen LogP contribution in [0.25, 0.3) is 0 Å². The lowest BCUT2D eigenvalue weighted by Gasteiger charge is -2.40. The van der Waals surface area contributed by atoms with Gasteiger partial charge in [0, 0.05) is 24.1 Å². The van der Waals surface area contributed by atoms with Crippen molar-refractivity contribution < 1.29 is 28.9 Å². The van der Waals surface area contributed by atoms with Gasteiger partial charge < -0.3 is 29.1 Å². The SMILES string of the molecule is COc1cc(C(=O)N2CC[C@@](CCN3CCC(C(=O)O)(c4ccccc4)CC3)(c3ccc(Cl)c(Cl)c3)C2)cc(OC)c1OC. The van der Waals surface area contributed by atoms with Gasteiger partial charge >= 0.3 is 5.97 Å². The molecule has 5 rings (SSSR count). The fourth-order valence-electron chi connectivity index (χ4n) is 6.76. The summed E-state index contributed by atoms with van der Waals surface area (Å²) in [5.74, 6) is 0.371. The summed E-state index contributed by atoms with van der Waals surface area (Å²) in [6, 6.07) is 18.6. The summed E-state index contributed by atoms with van der Waals surface area (Å²) in [6.07, 6.45) is 2.60. The molecule has 2 aliphatic heterocycles. The zero-order chi connectivity index (χ0) is 31.5. The van der Waals surface area contributed by atoms with Gasteiger partial charge in [0.05, 0.1) is 36.8 Å². The van der Waals surface area contributed by atoms with Crippen LogP contribution in [0.2, 0.25) is 10.0 Å². The molecule has 0 aromatic heterocycles. The number of benzene rings is 3. The minimum atomic E-state index is -0.879. The van der Waals surface area contributed by atoms with Crippen LogP contribution < -0.4 is 14.2 Å². The third-order valence-corrected chi connectivity index (χ3v) is 10.2. The van der Waals surface area contributed by atoms with E-state index in [0.29, 0.717) is 71.9 Å². The number of rotatable bonds is 10. The number of ether oxygens (including phenoxy) is 3. The summed E-state index contributed by atoms with van der Waals surface area (Å²) in [6.45, 7) is 3.17. The van der Waals surface area contributed by atoms with Crippen molar-refractivity contribution in [2.45, 2.75) is 36.5 Å². The monoisotopic (exact) mass is 640 g/mol. The molecule has 10 heteroatoms. The van der Waals surface area contributed by atoms with Crippen LogP contribution in [0.5, 0.6) is 17.2 Å². The number of carboxylic acid groups (broad SMARTS) is 1. The maximum atomic E-state index is 13.9. The fourth-order valence-corrected chi connectivity index (χ4v) is 7.05. The number of likely N-dealkylation sites (tertiary alicyclic amines) is 2. The van der Waals surface area contributed by atoms with E-state index >= 15 is 0 Å². The molecule has 3 aromatic carbocycles. The quantitative estimate of drug-likeness (QED) is 0.278. The zero-order valence-electron chi connectivity index (χ0n) is 25.3. The second-order valence-electron chi connectivity index (χ2n) is 11.6. The third kappa shape index (κ3) is 6.08. The summed E-state index contributed by atoms with van der Waals surface area (Å²) < 4.78 is 16.4. The molecule has 0 radical (unpaired) electrons. The largest absolute Gasteiger partial charge is 0.493 e. The van der Waals surface area contributed by atoms with E-state index in [1.807, 2.05) is 53.4 Å². The van der Waals surface area contributed by atoms with Crippen LogP contribution in [0.1, 0.15) is 47.2 Å². The number of carbonyl (C=O) groups is 2. The third-order valence-electron chi connectivity index (χ3n) is 9.44. The normalized spacial score (nSPS) is 19.9. The van der Waals surface area contributed by atoms with Crippen molar-refractivity contribution >= 4 is 35.1 Å². The van der Waals surface area contributed by atoms with Crippen LogP contribution >= 0.6 is 23.2 Å². The summed E-state index contributed by atoms with van der Waals surface area (Å²) in [7, 11) is 4.58. The van der Waals surface area contributed by atoms with Gasteiger partial charge in [-0.2, -0.15) is 0 Å². The maximum absolute atomic E-state index is 13.9. The summed E-state index contributed by atoms with van der Waals surface area (Å²) >= 11 is 12.8. The highest BCUT2D eigenvalue weighted by atomic mass is 35.5. The Labute approximate surface area is 268 Å². The summed E-state index contributed by atoms with van der Waals surface area (Å²) in [5.41, 5.74) is 1.11. The minimum absolute atomic E-state index is 0.127. The van der Waals surface area contributed by atoms with Gasteiger partial charge in [-0.3, -0.25) is 9.59 Å². The molecule has 44 heavy (non-hydrogen) atoms.